The third-order valence-corrected chi connectivity index (χ3v) is 3.99. The number of hydrogen-bond acceptors (Lipinski definition) is 3. The molecule has 0 spiro atoms. The average molecular weight is 360 g/mol. The van der Waals surface area contributed by atoms with E-state index in [1.54, 1.807) is 18.2 Å². The van der Waals surface area contributed by atoms with Crippen LogP contribution in [0.25, 0.3) is 0 Å². The molecule has 4 nitrogen and oxygen atoms in total. The van der Waals surface area contributed by atoms with Crippen molar-refractivity contribution in [3.05, 3.63) is 51.2 Å². The second kappa shape index (κ2) is 5.68. The molecule has 0 saturated carbocycles. The molecule has 2 aromatic carbocycles. The quantitative estimate of drug-likeness (QED) is 0.716. The van der Waals surface area contributed by atoms with Crippen molar-refractivity contribution in [2.24, 2.45) is 0 Å². The first-order valence-electron chi connectivity index (χ1n) is 5.43. The van der Waals surface area contributed by atoms with Gasteiger partial charge in [-0.15, -0.1) is 0 Å². The fourth-order valence-corrected chi connectivity index (χ4v) is 2.15. The molecule has 20 heavy (non-hydrogen) atoms. The van der Waals surface area contributed by atoms with E-state index in [1.165, 1.54) is 0 Å². The molecule has 0 atom stereocenters. The molecular formula is C13H9BrClFN2O2. The van der Waals surface area contributed by atoms with Crippen molar-refractivity contribution in [1.82, 2.24) is 0 Å². The highest BCUT2D eigenvalue weighted by atomic mass is 79.9. The molecule has 0 aliphatic carbocycles. The largest absolute Gasteiger partial charge is 0.478 e. The smallest absolute Gasteiger partial charge is 0.338 e. The number of halogens is 3. The predicted octanol–water partition coefficient (Wildman–Crippen LogP) is 4.27. The Balaban J connectivity index is 2.42. The van der Waals surface area contributed by atoms with Crippen LogP contribution in [-0.2, 0) is 0 Å². The van der Waals surface area contributed by atoms with Gasteiger partial charge in [0.25, 0.3) is 0 Å². The van der Waals surface area contributed by atoms with Crippen molar-refractivity contribution in [3.8, 4) is 0 Å². The zero-order valence-corrected chi connectivity index (χ0v) is 12.3. The summed E-state index contributed by atoms with van der Waals surface area (Å²) in [4.78, 5) is 10.8. The van der Waals surface area contributed by atoms with Gasteiger partial charge >= 0.3 is 5.97 Å². The van der Waals surface area contributed by atoms with Crippen LogP contribution in [0.2, 0.25) is 5.02 Å². The highest BCUT2D eigenvalue weighted by Crippen LogP contribution is 2.34. The molecule has 0 heterocycles. The van der Waals surface area contributed by atoms with Crippen LogP contribution < -0.4 is 11.1 Å². The highest BCUT2D eigenvalue weighted by Gasteiger charge is 2.14. The van der Waals surface area contributed by atoms with Crippen LogP contribution in [0.5, 0.6) is 0 Å². The van der Waals surface area contributed by atoms with E-state index in [-0.39, 0.29) is 11.4 Å². The van der Waals surface area contributed by atoms with Crippen LogP contribution in [0.3, 0.4) is 0 Å². The number of carboxylic acids is 1. The molecule has 0 bridgehead atoms. The van der Waals surface area contributed by atoms with E-state index in [0.717, 1.165) is 12.1 Å². The lowest BCUT2D eigenvalue weighted by Gasteiger charge is -2.12. The van der Waals surface area contributed by atoms with Gasteiger partial charge in [-0.1, -0.05) is 17.7 Å². The fourth-order valence-electron chi connectivity index (χ4n) is 1.61. The number of hydrogen-bond donors (Lipinski definition) is 3. The van der Waals surface area contributed by atoms with Gasteiger partial charge in [0.05, 0.1) is 32.1 Å². The molecule has 0 aliphatic rings. The molecule has 0 unspecified atom stereocenters. The molecule has 4 N–H and O–H groups in total. The van der Waals surface area contributed by atoms with E-state index >= 15 is 0 Å². The Morgan fingerprint density at radius 3 is 2.70 bits per heavy atom. The van der Waals surface area contributed by atoms with Gasteiger partial charge in [0.1, 0.15) is 5.82 Å². The lowest BCUT2D eigenvalue weighted by Crippen LogP contribution is -2.05. The van der Waals surface area contributed by atoms with E-state index in [2.05, 4.69) is 21.2 Å². The number of carbonyl (C=O) groups is 1. The lowest BCUT2D eigenvalue weighted by molar-refractivity contribution is 0.0692. The number of anilines is 3. The first-order chi connectivity index (χ1) is 9.40. The normalized spacial score (nSPS) is 10.3. The third-order valence-electron chi connectivity index (χ3n) is 2.59. The molecule has 0 amide bonds. The van der Waals surface area contributed by atoms with Gasteiger partial charge in [-0.05, 0) is 34.1 Å². The minimum atomic E-state index is -1.37. The maximum absolute atomic E-state index is 13.6. The number of benzene rings is 2. The number of carboxylic acid groups (broad SMARTS) is 1. The summed E-state index contributed by atoms with van der Waals surface area (Å²) in [6.45, 7) is 0. The predicted molar refractivity (Wildman–Crippen MR) is 80.2 cm³/mol. The minimum absolute atomic E-state index is 0.121. The zero-order valence-electron chi connectivity index (χ0n) is 9.95. The molecule has 0 fully saturated rings. The van der Waals surface area contributed by atoms with Crippen molar-refractivity contribution in [2.75, 3.05) is 11.1 Å². The molecule has 0 aromatic heterocycles. The van der Waals surface area contributed by atoms with E-state index in [1.807, 2.05) is 0 Å². The molecule has 7 heteroatoms. The fraction of sp³-hybridized carbons (Fsp3) is 0. The Hall–Kier alpha value is -1.79. The summed E-state index contributed by atoms with van der Waals surface area (Å²) < 4.78 is 14.2. The topological polar surface area (TPSA) is 75.4 Å². The Bertz CT molecular complexity index is 694. The van der Waals surface area contributed by atoms with Crippen molar-refractivity contribution in [1.29, 1.82) is 0 Å². The van der Waals surface area contributed by atoms with E-state index in [0.29, 0.717) is 15.2 Å². The molecule has 2 rings (SSSR count). The summed E-state index contributed by atoms with van der Waals surface area (Å²) in [7, 11) is 0. The van der Waals surface area contributed by atoms with E-state index in [4.69, 9.17) is 22.4 Å². The lowest BCUT2D eigenvalue weighted by atomic mass is 10.1. The Labute approximate surface area is 127 Å². The molecule has 2 aromatic rings. The van der Waals surface area contributed by atoms with Gasteiger partial charge < -0.3 is 16.2 Å². The monoisotopic (exact) mass is 358 g/mol. The Morgan fingerprint density at radius 2 is 2.05 bits per heavy atom. The summed E-state index contributed by atoms with van der Waals surface area (Å²) in [5.74, 6) is -2.24. The van der Waals surface area contributed by atoms with Crippen molar-refractivity contribution in [2.45, 2.75) is 0 Å². The summed E-state index contributed by atoms with van der Waals surface area (Å²) >= 11 is 9.24. The maximum Gasteiger partial charge on any atom is 0.338 e. The van der Waals surface area contributed by atoms with Gasteiger partial charge in [-0.25, -0.2) is 9.18 Å². The number of nitrogens with two attached hydrogens (primary N) is 1. The molecular weight excluding hydrogens is 351 g/mol. The van der Waals surface area contributed by atoms with Gasteiger partial charge in [-0.3, -0.25) is 0 Å². The van der Waals surface area contributed by atoms with Gasteiger partial charge in [-0.2, -0.15) is 0 Å². The number of nitrogens with one attached hydrogen (secondary N) is 1. The maximum atomic E-state index is 13.6. The van der Waals surface area contributed by atoms with Gasteiger partial charge in [0.2, 0.25) is 0 Å². The van der Waals surface area contributed by atoms with Crippen LogP contribution in [0.4, 0.5) is 21.5 Å². The third kappa shape index (κ3) is 2.86. The minimum Gasteiger partial charge on any atom is -0.478 e. The van der Waals surface area contributed by atoms with Crippen LogP contribution in [0, 0.1) is 5.82 Å². The van der Waals surface area contributed by atoms with Crippen LogP contribution in [-0.4, -0.2) is 11.1 Å². The summed E-state index contributed by atoms with van der Waals surface area (Å²) in [6, 6.07) is 7.23. The second-order valence-electron chi connectivity index (χ2n) is 3.95. The van der Waals surface area contributed by atoms with E-state index in [9.17, 15) is 9.18 Å². The van der Waals surface area contributed by atoms with Crippen molar-refractivity contribution in [3.63, 3.8) is 0 Å². The number of rotatable bonds is 3. The molecule has 104 valence electrons. The first kappa shape index (κ1) is 14.6. The van der Waals surface area contributed by atoms with Crippen molar-refractivity contribution >= 4 is 50.6 Å². The zero-order chi connectivity index (χ0) is 14.9. The SMILES string of the molecule is Nc1cc(C(=O)O)c(F)cc1Nc1cccc(Cl)c1Br. The summed E-state index contributed by atoms with van der Waals surface area (Å²) in [6.07, 6.45) is 0. The highest BCUT2D eigenvalue weighted by molar-refractivity contribution is 9.10. The number of aromatic carboxylic acids is 1. The Kier molecular flexibility index (Phi) is 4.15. The van der Waals surface area contributed by atoms with Crippen LogP contribution in [0.1, 0.15) is 10.4 Å². The van der Waals surface area contributed by atoms with Crippen molar-refractivity contribution < 1.29 is 14.3 Å². The first-order valence-corrected chi connectivity index (χ1v) is 6.60. The summed E-state index contributed by atoms with van der Waals surface area (Å²) in [5, 5.41) is 12.2. The molecule has 0 saturated heterocycles. The number of nitrogen functional groups attached to an aromatic ring is 1. The van der Waals surface area contributed by atoms with Crippen LogP contribution in [0.15, 0.2) is 34.8 Å². The average Bonchev–Trinajstić information content (AvgIpc) is 2.38. The second-order valence-corrected chi connectivity index (χ2v) is 5.15. The standard InChI is InChI=1S/C13H9BrClFN2O2/c14-12-7(15)2-1-3-10(12)18-11-5-8(16)6(13(19)20)4-9(11)17/h1-5,18H,17H2,(H,19,20). The van der Waals surface area contributed by atoms with Crippen LogP contribution >= 0.6 is 27.5 Å². The summed E-state index contributed by atoms with van der Waals surface area (Å²) in [5.41, 5.74) is 6.22. The Morgan fingerprint density at radius 1 is 1.35 bits per heavy atom. The van der Waals surface area contributed by atoms with Gasteiger partial charge in [0.15, 0.2) is 0 Å². The van der Waals surface area contributed by atoms with Gasteiger partial charge in [0, 0.05) is 6.07 Å². The molecule has 0 radical (unpaired) electrons. The molecule has 0 aliphatic heterocycles. The van der Waals surface area contributed by atoms with E-state index < -0.39 is 17.3 Å².